The first-order chi connectivity index (χ1) is 9.15. The third-order valence-electron chi connectivity index (χ3n) is 3.36. The number of ether oxygens (including phenoxy) is 1. The molecule has 2 rings (SSSR count). The van der Waals surface area contributed by atoms with Crippen LogP contribution in [0, 0.1) is 6.92 Å². The molecule has 0 saturated heterocycles. The van der Waals surface area contributed by atoms with E-state index in [4.69, 9.17) is 10.5 Å². The van der Waals surface area contributed by atoms with Gasteiger partial charge in [-0.05, 0) is 37.1 Å². The molecule has 0 bridgehead atoms. The highest BCUT2D eigenvalue weighted by Crippen LogP contribution is 2.24. The van der Waals surface area contributed by atoms with Crippen molar-refractivity contribution in [3.8, 4) is 5.75 Å². The van der Waals surface area contributed by atoms with Crippen LogP contribution in [0.25, 0.3) is 0 Å². The second-order valence-electron chi connectivity index (χ2n) is 4.73. The average molecular weight is 259 g/mol. The van der Waals surface area contributed by atoms with Gasteiger partial charge in [-0.3, -0.25) is 4.68 Å². The molecule has 1 aromatic heterocycles. The number of methoxy groups -OCH3 is 1. The van der Waals surface area contributed by atoms with Crippen molar-refractivity contribution in [3.05, 3.63) is 47.8 Å². The van der Waals surface area contributed by atoms with Crippen LogP contribution in [0.15, 0.2) is 36.5 Å². The molecule has 0 saturated carbocycles. The molecule has 0 amide bonds. The molecule has 2 unspecified atom stereocenters. The molecule has 2 N–H and O–H groups in total. The molecular formula is C15H21N3O. The zero-order chi connectivity index (χ0) is 13.8. The molecule has 0 radical (unpaired) electrons. The fourth-order valence-corrected chi connectivity index (χ4v) is 2.21. The summed E-state index contributed by atoms with van der Waals surface area (Å²) in [6.45, 7) is 4.08. The van der Waals surface area contributed by atoms with Crippen LogP contribution in [-0.4, -0.2) is 22.9 Å². The molecule has 1 aromatic carbocycles. The molecule has 2 atom stereocenters. The topological polar surface area (TPSA) is 53.1 Å². The van der Waals surface area contributed by atoms with Crippen LogP contribution >= 0.6 is 0 Å². The van der Waals surface area contributed by atoms with E-state index in [1.807, 2.05) is 36.0 Å². The summed E-state index contributed by atoms with van der Waals surface area (Å²) < 4.78 is 7.14. The Labute approximate surface area is 114 Å². The molecule has 0 aliphatic heterocycles. The van der Waals surface area contributed by atoms with Crippen LogP contribution in [0.3, 0.4) is 0 Å². The number of aryl methyl sites for hydroxylation is 1. The van der Waals surface area contributed by atoms with Crippen molar-refractivity contribution in [1.29, 1.82) is 0 Å². The lowest BCUT2D eigenvalue weighted by Gasteiger charge is -2.24. The van der Waals surface area contributed by atoms with Gasteiger partial charge in [0.05, 0.1) is 18.8 Å². The first-order valence-electron chi connectivity index (χ1n) is 6.57. The van der Waals surface area contributed by atoms with Gasteiger partial charge in [0.25, 0.3) is 0 Å². The first kappa shape index (κ1) is 13.6. The lowest BCUT2D eigenvalue weighted by molar-refractivity contribution is 0.409. The minimum absolute atomic E-state index is 0.0349. The number of nitrogens with two attached hydrogens (primary N) is 1. The molecule has 0 spiro atoms. The van der Waals surface area contributed by atoms with E-state index >= 15 is 0 Å². The summed E-state index contributed by atoms with van der Waals surface area (Å²) in [5.41, 5.74) is 8.42. The third kappa shape index (κ3) is 2.96. The largest absolute Gasteiger partial charge is 0.497 e. The Morgan fingerprint density at radius 3 is 2.42 bits per heavy atom. The molecule has 19 heavy (non-hydrogen) atoms. The van der Waals surface area contributed by atoms with Crippen LogP contribution in [0.2, 0.25) is 0 Å². The van der Waals surface area contributed by atoms with E-state index in [9.17, 15) is 0 Å². The molecule has 0 fully saturated rings. The van der Waals surface area contributed by atoms with E-state index < -0.39 is 0 Å². The van der Waals surface area contributed by atoms with Crippen molar-refractivity contribution in [2.45, 2.75) is 32.4 Å². The molecule has 1 heterocycles. The number of hydrogen-bond donors (Lipinski definition) is 1. The fourth-order valence-electron chi connectivity index (χ4n) is 2.21. The van der Waals surface area contributed by atoms with Crippen molar-refractivity contribution < 1.29 is 4.74 Å². The minimum Gasteiger partial charge on any atom is -0.497 e. The maximum Gasteiger partial charge on any atom is 0.118 e. The highest BCUT2D eigenvalue weighted by atomic mass is 16.5. The summed E-state index contributed by atoms with van der Waals surface area (Å²) >= 11 is 0. The van der Waals surface area contributed by atoms with Gasteiger partial charge in [0, 0.05) is 12.2 Å². The predicted octanol–water partition coefficient (Wildman–Crippen LogP) is 2.53. The van der Waals surface area contributed by atoms with Crippen molar-refractivity contribution >= 4 is 0 Å². The van der Waals surface area contributed by atoms with Gasteiger partial charge >= 0.3 is 0 Å². The van der Waals surface area contributed by atoms with Crippen molar-refractivity contribution in [1.82, 2.24) is 9.78 Å². The van der Waals surface area contributed by atoms with Crippen LogP contribution in [0.4, 0.5) is 0 Å². The van der Waals surface area contributed by atoms with E-state index in [0.29, 0.717) is 0 Å². The lowest BCUT2D eigenvalue weighted by atomic mass is 9.98. The van der Waals surface area contributed by atoms with E-state index in [0.717, 1.165) is 23.4 Å². The normalized spacial score (nSPS) is 14.1. The Kier molecular flexibility index (Phi) is 4.22. The maximum absolute atomic E-state index is 6.27. The monoisotopic (exact) mass is 259 g/mol. The Morgan fingerprint density at radius 2 is 1.95 bits per heavy atom. The zero-order valence-electron chi connectivity index (χ0n) is 11.7. The van der Waals surface area contributed by atoms with Gasteiger partial charge in [-0.2, -0.15) is 5.10 Å². The summed E-state index contributed by atoms with van der Waals surface area (Å²) in [4.78, 5) is 0. The summed E-state index contributed by atoms with van der Waals surface area (Å²) in [6.07, 6.45) is 2.88. The van der Waals surface area contributed by atoms with E-state index in [1.54, 1.807) is 7.11 Å². The average Bonchev–Trinajstić information content (AvgIpc) is 2.86. The number of hydrogen-bond acceptors (Lipinski definition) is 3. The summed E-state index contributed by atoms with van der Waals surface area (Å²) in [6, 6.07) is 10.1. The molecule has 4 heteroatoms. The van der Waals surface area contributed by atoms with Gasteiger partial charge in [-0.15, -0.1) is 0 Å². The van der Waals surface area contributed by atoms with Gasteiger partial charge in [-0.1, -0.05) is 19.1 Å². The smallest absolute Gasteiger partial charge is 0.118 e. The first-order valence-corrected chi connectivity index (χ1v) is 6.57. The summed E-state index contributed by atoms with van der Waals surface area (Å²) in [5.74, 6) is 0.851. The van der Waals surface area contributed by atoms with Gasteiger partial charge in [0.1, 0.15) is 5.75 Å². The third-order valence-corrected chi connectivity index (χ3v) is 3.36. The van der Waals surface area contributed by atoms with Gasteiger partial charge in [0.2, 0.25) is 0 Å². The second kappa shape index (κ2) is 5.89. The minimum atomic E-state index is 0.0349. The van der Waals surface area contributed by atoms with Gasteiger partial charge in [0.15, 0.2) is 0 Å². The van der Waals surface area contributed by atoms with Crippen LogP contribution in [0.1, 0.15) is 30.6 Å². The number of aromatic nitrogens is 2. The molecule has 0 aliphatic carbocycles. The second-order valence-corrected chi connectivity index (χ2v) is 4.73. The van der Waals surface area contributed by atoms with E-state index in [-0.39, 0.29) is 12.1 Å². The summed E-state index contributed by atoms with van der Waals surface area (Å²) in [7, 11) is 1.67. The van der Waals surface area contributed by atoms with E-state index in [2.05, 4.69) is 24.2 Å². The number of nitrogens with zero attached hydrogens (tertiary/aromatic N) is 2. The fraction of sp³-hybridized carbons (Fsp3) is 0.400. The number of benzene rings is 1. The van der Waals surface area contributed by atoms with Crippen LogP contribution in [0.5, 0.6) is 5.75 Å². The lowest BCUT2D eigenvalue weighted by Crippen LogP contribution is -2.32. The molecule has 4 nitrogen and oxygen atoms in total. The predicted molar refractivity (Wildman–Crippen MR) is 76.4 cm³/mol. The molecular weight excluding hydrogens is 238 g/mol. The molecule has 102 valence electrons. The van der Waals surface area contributed by atoms with Gasteiger partial charge in [-0.25, -0.2) is 0 Å². The Bertz CT molecular complexity index is 518. The standard InChI is InChI=1S/C15H21N3O/c1-4-14(16)15(18-10-9-11(2)17-18)12-5-7-13(19-3)8-6-12/h5-10,14-15H,4,16H2,1-3H3. The highest BCUT2D eigenvalue weighted by molar-refractivity contribution is 5.30. The van der Waals surface area contributed by atoms with Crippen molar-refractivity contribution in [2.24, 2.45) is 5.73 Å². The van der Waals surface area contributed by atoms with Crippen LogP contribution < -0.4 is 10.5 Å². The summed E-state index contributed by atoms with van der Waals surface area (Å²) in [5, 5.41) is 4.50. The van der Waals surface area contributed by atoms with Crippen molar-refractivity contribution in [3.63, 3.8) is 0 Å². The van der Waals surface area contributed by atoms with Crippen molar-refractivity contribution in [2.75, 3.05) is 7.11 Å². The van der Waals surface area contributed by atoms with E-state index in [1.165, 1.54) is 0 Å². The Morgan fingerprint density at radius 1 is 1.26 bits per heavy atom. The van der Waals surface area contributed by atoms with Gasteiger partial charge < -0.3 is 10.5 Å². The Hall–Kier alpha value is -1.81. The molecule has 2 aromatic rings. The molecule has 0 aliphatic rings. The maximum atomic E-state index is 6.27. The van der Waals surface area contributed by atoms with Crippen LogP contribution in [-0.2, 0) is 0 Å². The zero-order valence-corrected chi connectivity index (χ0v) is 11.7. The quantitative estimate of drug-likeness (QED) is 0.897. The Balaban J connectivity index is 2.36. The SMILES string of the molecule is CCC(N)C(c1ccc(OC)cc1)n1ccc(C)n1. The highest BCUT2D eigenvalue weighted by Gasteiger charge is 2.21. The number of rotatable bonds is 5.